The second kappa shape index (κ2) is 8.04. The fourth-order valence-corrected chi connectivity index (χ4v) is 5.19. The summed E-state index contributed by atoms with van der Waals surface area (Å²) in [5, 5.41) is 0. The molecule has 164 valence electrons. The number of para-hydroxylation sites is 1. The van der Waals surface area contributed by atoms with E-state index < -0.39 is 0 Å². The number of ether oxygens (including phenoxy) is 1. The molecular weight excluding hydrogens is 390 g/mol. The standard InChI is InChI=1S/C24H31N5O2/c1-2-27-12-14-29(15-13-27)23(30)19-4-3-5-20-22(19)31-17-24(20)7-10-28(11-8-24)21-16-18(25)6-9-26-21/h3-6,9,16H,2,7-8,10-15,17H2,1H3,(H2,25,26). The van der Waals surface area contributed by atoms with Crippen molar-refractivity contribution < 1.29 is 9.53 Å². The maximum absolute atomic E-state index is 13.3. The van der Waals surface area contributed by atoms with Crippen LogP contribution in [0.15, 0.2) is 36.5 Å². The van der Waals surface area contributed by atoms with Gasteiger partial charge < -0.3 is 25.2 Å². The Balaban J connectivity index is 1.33. The molecule has 0 radical (unpaired) electrons. The highest BCUT2D eigenvalue weighted by Crippen LogP contribution is 2.47. The minimum absolute atomic E-state index is 0.0244. The van der Waals surface area contributed by atoms with Crippen molar-refractivity contribution in [1.29, 1.82) is 0 Å². The summed E-state index contributed by atoms with van der Waals surface area (Å²) in [4.78, 5) is 24.4. The van der Waals surface area contributed by atoms with E-state index >= 15 is 0 Å². The van der Waals surface area contributed by atoms with Gasteiger partial charge in [0, 0.05) is 68.2 Å². The second-order valence-electron chi connectivity index (χ2n) is 8.91. The Bertz CT molecular complexity index is 962. The zero-order chi connectivity index (χ0) is 21.4. The van der Waals surface area contributed by atoms with Crippen molar-refractivity contribution in [3.8, 4) is 5.75 Å². The lowest BCUT2D eigenvalue weighted by atomic mass is 9.74. The number of carbonyl (C=O) groups excluding carboxylic acids is 1. The molecule has 3 aliphatic heterocycles. The fraction of sp³-hybridized carbons (Fsp3) is 0.500. The number of nitrogen functional groups attached to an aromatic ring is 1. The smallest absolute Gasteiger partial charge is 0.257 e. The van der Waals surface area contributed by atoms with Crippen LogP contribution in [0, 0.1) is 0 Å². The Hall–Kier alpha value is -2.80. The van der Waals surface area contributed by atoms with E-state index in [-0.39, 0.29) is 11.3 Å². The molecule has 31 heavy (non-hydrogen) atoms. The van der Waals surface area contributed by atoms with Crippen molar-refractivity contribution in [2.24, 2.45) is 0 Å². The third kappa shape index (κ3) is 3.61. The summed E-state index contributed by atoms with van der Waals surface area (Å²) in [6.07, 6.45) is 3.72. The molecule has 4 heterocycles. The van der Waals surface area contributed by atoms with E-state index in [1.807, 2.05) is 29.2 Å². The first-order valence-corrected chi connectivity index (χ1v) is 11.3. The number of hydrogen-bond donors (Lipinski definition) is 1. The number of nitrogens with two attached hydrogens (primary N) is 1. The minimum Gasteiger partial charge on any atom is -0.492 e. The molecule has 1 aromatic carbocycles. The number of anilines is 2. The number of rotatable bonds is 3. The largest absolute Gasteiger partial charge is 0.492 e. The van der Waals surface area contributed by atoms with Crippen LogP contribution in [-0.4, -0.2) is 73.1 Å². The molecule has 2 saturated heterocycles. The number of likely N-dealkylation sites (N-methyl/N-ethyl adjacent to an activating group) is 1. The van der Waals surface area contributed by atoms with Gasteiger partial charge >= 0.3 is 0 Å². The Labute approximate surface area is 183 Å². The summed E-state index contributed by atoms with van der Waals surface area (Å²) in [5.41, 5.74) is 8.58. The molecule has 2 aromatic rings. The highest BCUT2D eigenvalue weighted by atomic mass is 16.5. The molecule has 0 aliphatic carbocycles. The van der Waals surface area contributed by atoms with Gasteiger partial charge in [0.1, 0.15) is 11.6 Å². The number of piperazine rings is 1. The summed E-state index contributed by atoms with van der Waals surface area (Å²) >= 11 is 0. The number of piperidine rings is 1. The molecule has 7 heteroatoms. The van der Waals surface area contributed by atoms with Gasteiger partial charge in [-0.05, 0) is 31.5 Å². The summed E-state index contributed by atoms with van der Waals surface area (Å²) in [6, 6.07) is 9.86. The van der Waals surface area contributed by atoms with Gasteiger partial charge in [0.25, 0.3) is 5.91 Å². The number of carbonyl (C=O) groups is 1. The lowest BCUT2D eigenvalue weighted by molar-refractivity contribution is 0.0639. The Morgan fingerprint density at radius 3 is 2.61 bits per heavy atom. The number of benzene rings is 1. The van der Waals surface area contributed by atoms with Crippen LogP contribution in [0.4, 0.5) is 11.5 Å². The first-order valence-electron chi connectivity index (χ1n) is 11.3. The molecule has 0 atom stereocenters. The molecular formula is C24H31N5O2. The molecule has 0 bridgehead atoms. The van der Waals surface area contributed by atoms with Crippen molar-refractivity contribution in [3.63, 3.8) is 0 Å². The summed E-state index contributed by atoms with van der Waals surface area (Å²) in [5.74, 6) is 1.84. The number of amides is 1. The van der Waals surface area contributed by atoms with Gasteiger partial charge in [0.2, 0.25) is 0 Å². The van der Waals surface area contributed by atoms with Crippen LogP contribution in [0.25, 0.3) is 0 Å². The van der Waals surface area contributed by atoms with Gasteiger partial charge in [-0.2, -0.15) is 0 Å². The van der Waals surface area contributed by atoms with E-state index in [1.165, 1.54) is 5.56 Å². The number of pyridine rings is 1. The molecule has 1 aromatic heterocycles. The lowest BCUT2D eigenvalue weighted by Gasteiger charge is -2.39. The van der Waals surface area contributed by atoms with E-state index in [0.717, 1.165) is 81.5 Å². The van der Waals surface area contributed by atoms with E-state index in [9.17, 15) is 4.79 Å². The first kappa shape index (κ1) is 20.1. The number of nitrogens with zero attached hydrogens (tertiary/aromatic N) is 4. The summed E-state index contributed by atoms with van der Waals surface area (Å²) < 4.78 is 6.23. The topological polar surface area (TPSA) is 74.9 Å². The van der Waals surface area contributed by atoms with Crippen molar-refractivity contribution in [1.82, 2.24) is 14.8 Å². The fourth-order valence-electron chi connectivity index (χ4n) is 5.19. The van der Waals surface area contributed by atoms with Crippen LogP contribution in [-0.2, 0) is 5.41 Å². The molecule has 0 saturated carbocycles. The molecule has 2 fully saturated rings. The van der Waals surface area contributed by atoms with Crippen molar-refractivity contribution >= 4 is 17.4 Å². The number of fused-ring (bicyclic) bond motifs is 2. The second-order valence-corrected chi connectivity index (χ2v) is 8.91. The highest BCUT2D eigenvalue weighted by Gasteiger charge is 2.45. The molecule has 5 rings (SSSR count). The van der Waals surface area contributed by atoms with Crippen LogP contribution in [0.5, 0.6) is 5.75 Å². The highest BCUT2D eigenvalue weighted by molar-refractivity contribution is 5.97. The SMILES string of the molecule is CCN1CCN(C(=O)c2cccc3c2OCC32CCN(c3cc(N)ccn3)CC2)CC1. The molecule has 3 aliphatic rings. The normalized spacial score (nSPS) is 20.5. The van der Waals surface area contributed by atoms with Crippen LogP contribution in [0.3, 0.4) is 0 Å². The van der Waals surface area contributed by atoms with Gasteiger partial charge in [-0.25, -0.2) is 4.98 Å². The molecule has 7 nitrogen and oxygen atoms in total. The predicted molar refractivity (Wildman–Crippen MR) is 122 cm³/mol. The van der Waals surface area contributed by atoms with Crippen molar-refractivity contribution in [3.05, 3.63) is 47.7 Å². The van der Waals surface area contributed by atoms with Crippen LogP contribution < -0.4 is 15.4 Å². The van der Waals surface area contributed by atoms with Crippen LogP contribution >= 0.6 is 0 Å². The average Bonchev–Trinajstić information content (AvgIpc) is 3.17. The quantitative estimate of drug-likeness (QED) is 0.820. The van der Waals surface area contributed by atoms with Gasteiger partial charge in [0.05, 0.1) is 12.2 Å². The zero-order valence-electron chi connectivity index (χ0n) is 18.2. The average molecular weight is 422 g/mol. The predicted octanol–water partition coefficient (Wildman–Crippen LogP) is 2.37. The molecule has 1 spiro atoms. The molecule has 0 unspecified atom stereocenters. The van der Waals surface area contributed by atoms with Gasteiger partial charge in [-0.3, -0.25) is 4.79 Å². The van der Waals surface area contributed by atoms with Gasteiger partial charge in [0.15, 0.2) is 0 Å². The maximum atomic E-state index is 13.3. The summed E-state index contributed by atoms with van der Waals surface area (Å²) in [7, 11) is 0. The lowest BCUT2D eigenvalue weighted by Crippen LogP contribution is -2.48. The monoisotopic (exact) mass is 421 g/mol. The van der Waals surface area contributed by atoms with Crippen LogP contribution in [0.1, 0.15) is 35.7 Å². The maximum Gasteiger partial charge on any atom is 0.257 e. The first-order chi connectivity index (χ1) is 15.1. The molecule has 2 N–H and O–H groups in total. The number of aromatic nitrogens is 1. The van der Waals surface area contributed by atoms with E-state index in [0.29, 0.717) is 6.61 Å². The van der Waals surface area contributed by atoms with Crippen molar-refractivity contribution in [2.75, 3.05) is 63.1 Å². The third-order valence-corrected chi connectivity index (χ3v) is 7.23. The van der Waals surface area contributed by atoms with Crippen LogP contribution in [0.2, 0.25) is 0 Å². The van der Waals surface area contributed by atoms with E-state index in [1.54, 1.807) is 6.20 Å². The Morgan fingerprint density at radius 2 is 1.90 bits per heavy atom. The third-order valence-electron chi connectivity index (χ3n) is 7.23. The van der Waals surface area contributed by atoms with Gasteiger partial charge in [-0.15, -0.1) is 0 Å². The zero-order valence-corrected chi connectivity index (χ0v) is 18.2. The Kier molecular flexibility index (Phi) is 5.22. The number of hydrogen-bond acceptors (Lipinski definition) is 6. The molecule has 1 amide bonds. The minimum atomic E-state index is -0.0244. The van der Waals surface area contributed by atoms with Crippen molar-refractivity contribution in [2.45, 2.75) is 25.2 Å². The Morgan fingerprint density at radius 1 is 1.13 bits per heavy atom. The van der Waals surface area contributed by atoms with E-state index in [2.05, 4.69) is 27.8 Å². The van der Waals surface area contributed by atoms with E-state index in [4.69, 9.17) is 10.5 Å². The van der Waals surface area contributed by atoms with Gasteiger partial charge in [-0.1, -0.05) is 19.1 Å². The summed E-state index contributed by atoms with van der Waals surface area (Å²) in [6.45, 7) is 9.10.